The van der Waals surface area contributed by atoms with Crippen LogP contribution in [0.2, 0.25) is 0 Å². The number of amides is 2. The highest BCUT2D eigenvalue weighted by Gasteiger charge is 2.35. The third-order valence-corrected chi connectivity index (χ3v) is 4.34. The SMILES string of the molecule is Cc1ccc(N2CC(C(=O)Nc3ccccc3)CC2=O)cc1C. The molecule has 4 nitrogen and oxygen atoms in total. The van der Waals surface area contributed by atoms with Gasteiger partial charge in [-0.3, -0.25) is 9.59 Å². The number of hydrogen-bond donors (Lipinski definition) is 1. The van der Waals surface area contributed by atoms with Gasteiger partial charge in [-0.1, -0.05) is 24.3 Å². The van der Waals surface area contributed by atoms with E-state index in [2.05, 4.69) is 5.32 Å². The molecule has 1 heterocycles. The van der Waals surface area contributed by atoms with Crippen molar-refractivity contribution < 1.29 is 9.59 Å². The minimum atomic E-state index is -0.315. The Morgan fingerprint density at radius 3 is 2.52 bits per heavy atom. The van der Waals surface area contributed by atoms with E-state index in [-0.39, 0.29) is 24.2 Å². The number of para-hydroxylation sites is 1. The maximum Gasteiger partial charge on any atom is 0.229 e. The Hall–Kier alpha value is -2.62. The van der Waals surface area contributed by atoms with E-state index in [1.165, 1.54) is 5.56 Å². The van der Waals surface area contributed by atoms with Crippen LogP contribution >= 0.6 is 0 Å². The van der Waals surface area contributed by atoms with Crippen LogP contribution in [-0.4, -0.2) is 18.4 Å². The summed E-state index contributed by atoms with van der Waals surface area (Å²) in [6, 6.07) is 15.3. The maximum absolute atomic E-state index is 12.4. The first-order valence-electron chi connectivity index (χ1n) is 7.78. The molecule has 0 aromatic heterocycles. The largest absolute Gasteiger partial charge is 0.326 e. The Labute approximate surface area is 136 Å². The molecule has 0 aliphatic carbocycles. The summed E-state index contributed by atoms with van der Waals surface area (Å²) < 4.78 is 0. The second-order valence-electron chi connectivity index (χ2n) is 6.03. The van der Waals surface area contributed by atoms with Gasteiger partial charge in [-0.15, -0.1) is 0 Å². The maximum atomic E-state index is 12.4. The minimum Gasteiger partial charge on any atom is -0.326 e. The van der Waals surface area contributed by atoms with E-state index in [1.54, 1.807) is 4.90 Å². The van der Waals surface area contributed by atoms with E-state index >= 15 is 0 Å². The van der Waals surface area contributed by atoms with Gasteiger partial charge in [0.25, 0.3) is 0 Å². The monoisotopic (exact) mass is 308 g/mol. The van der Waals surface area contributed by atoms with Gasteiger partial charge in [0.2, 0.25) is 11.8 Å². The molecule has 0 spiro atoms. The normalized spacial score (nSPS) is 17.4. The van der Waals surface area contributed by atoms with E-state index in [0.717, 1.165) is 16.9 Å². The lowest BCUT2D eigenvalue weighted by atomic mass is 10.1. The molecule has 0 bridgehead atoms. The third kappa shape index (κ3) is 3.26. The molecule has 2 aromatic carbocycles. The average molecular weight is 308 g/mol. The molecule has 2 aromatic rings. The number of aryl methyl sites for hydroxylation is 2. The summed E-state index contributed by atoms with van der Waals surface area (Å²) >= 11 is 0. The second kappa shape index (κ2) is 6.24. The predicted octanol–water partition coefficient (Wildman–Crippen LogP) is 3.30. The summed E-state index contributed by atoms with van der Waals surface area (Å²) in [6.07, 6.45) is 0.256. The van der Waals surface area contributed by atoms with Crippen molar-refractivity contribution in [1.29, 1.82) is 0 Å². The van der Waals surface area contributed by atoms with Gasteiger partial charge in [-0.25, -0.2) is 0 Å². The highest BCUT2D eigenvalue weighted by molar-refractivity contribution is 6.03. The standard InChI is InChI=1S/C19H20N2O2/c1-13-8-9-17(10-14(13)2)21-12-15(11-18(21)22)19(23)20-16-6-4-3-5-7-16/h3-10,15H,11-12H2,1-2H3,(H,20,23). The van der Waals surface area contributed by atoms with Gasteiger partial charge >= 0.3 is 0 Å². The first-order chi connectivity index (χ1) is 11.0. The van der Waals surface area contributed by atoms with E-state index in [9.17, 15) is 9.59 Å². The van der Waals surface area contributed by atoms with Gasteiger partial charge in [0, 0.05) is 24.3 Å². The molecule has 1 unspecified atom stereocenters. The Morgan fingerprint density at radius 2 is 1.83 bits per heavy atom. The summed E-state index contributed by atoms with van der Waals surface area (Å²) in [4.78, 5) is 26.4. The zero-order chi connectivity index (χ0) is 16.4. The quantitative estimate of drug-likeness (QED) is 0.946. The number of nitrogens with zero attached hydrogens (tertiary/aromatic N) is 1. The van der Waals surface area contributed by atoms with Crippen LogP contribution in [0.25, 0.3) is 0 Å². The van der Waals surface area contributed by atoms with Crippen LogP contribution in [0.1, 0.15) is 17.5 Å². The van der Waals surface area contributed by atoms with Crippen LogP contribution in [0.5, 0.6) is 0 Å². The fourth-order valence-electron chi connectivity index (χ4n) is 2.79. The molecule has 3 rings (SSSR count). The first kappa shape index (κ1) is 15.3. The van der Waals surface area contributed by atoms with Gasteiger partial charge in [0.05, 0.1) is 5.92 Å². The van der Waals surface area contributed by atoms with Crippen LogP contribution in [-0.2, 0) is 9.59 Å². The third-order valence-electron chi connectivity index (χ3n) is 4.34. The Bertz CT molecular complexity index is 740. The fraction of sp³-hybridized carbons (Fsp3) is 0.263. The van der Waals surface area contributed by atoms with Gasteiger partial charge in [0.1, 0.15) is 0 Å². The first-order valence-corrected chi connectivity index (χ1v) is 7.78. The van der Waals surface area contributed by atoms with Crippen molar-refractivity contribution in [2.75, 3.05) is 16.8 Å². The predicted molar refractivity (Wildman–Crippen MR) is 91.4 cm³/mol. The molecule has 1 fully saturated rings. The van der Waals surface area contributed by atoms with E-state index < -0.39 is 0 Å². The Balaban J connectivity index is 1.71. The van der Waals surface area contributed by atoms with Gasteiger partial charge in [-0.2, -0.15) is 0 Å². The number of carbonyl (C=O) groups excluding carboxylic acids is 2. The number of nitrogens with one attached hydrogen (secondary N) is 1. The lowest BCUT2D eigenvalue weighted by molar-refractivity contribution is -0.122. The van der Waals surface area contributed by atoms with Crippen molar-refractivity contribution >= 4 is 23.2 Å². The van der Waals surface area contributed by atoms with Crippen LogP contribution in [0.3, 0.4) is 0 Å². The molecule has 0 saturated carbocycles. The number of hydrogen-bond acceptors (Lipinski definition) is 2. The molecule has 23 heavy (non-hydrogen) atoms. The fourth-order valence-corrected chi connectivity index (χ4v) is 2.79. The topological polar surface area (TPSA) is 49.4 Å². The molecular formula is C19H20N2O2. The molecule has 4 heteroatoms. The molecule has 0 radical (unpaired) electrons. The Morgan fingerprint density at radius 1 is 1.09 bits per heavy atom. The van der Waals surface area contributed by atoms with Crippen LogP contribution < -0.4 is 10.2 Å². The van der Waals surface area contributed by atoms with Gasteiger partial charge in [0.15, 0.2) is 0 Å². The van der Waals surface area contributed by atoms with Crippen molar-refractivity contribution in [2.45, 2.75) is 20.3 Å². The van der Waals surface area contributed by atoms with Crippen molar-refractivity contribution in [1.82, 2.24) is 0 Å². The molecular weight excluding hydrogens is 288 g/mol. The van der Waals surface area contributed by atoms with Crippen LogP contribution in [0.15, 0.2) is 48.5 Å². The van der Waals surface area contributed by atoms with Crippen molar-refractivity contribution in [2.24, 2.45) is 5.92 Å². The lowest BCUT2D eigenvalue weighted by Gasteiger charge is -2.18. The zero-order valence-electron chi connectivity index (χ0n) is 13.4. The van der Waals surface area contributed by atoms with Crippen LogP contribution in [0.4, 0.5) is 11.4 Å². The summed E-state index contributed by atoms with van der Waals surface area (Å²) in [6.45, 7) is 4.50. The number of carbonyl (C=O) groups is 2. The molecule has 1 aliphatic heterocycles. The molecule has 118 valence electrons. The van der Waals surface area contributed by atoms with Crippen molar-refractivity contribution in [3.8, 4) is 0 Å². The smallest absolute Gasteiger partial charge is 0.229 e. The van der Waals surface area contributed by atoms with E-state index in [0.29, 0.717) is 6.54 Å². The molecule has 1 atom stereocenters. The zero-order valence-corrected chi connectivity index (χ0v) is 13.4. The van der Waals surface area contributed by atoms with Gasteiger partial charge in [-0.05, 0) is 49.2 Å². The van der Waals surface area contributed by atoms with Gasteiger partial charge < -0.3 is 10.2 Å². The molecule has 1 aliphatic rings. The summed E-state index contributed by atoms with van der Waals surface area (Å²) in [7, 11) is 0. The Kier molecular flexibility index (Phi) is 4.15. The number of rotatable bonds is 3. The number of anilines is 2. The molecule has 1 saturated heterocycles. The summed E-state index contributed by atoms with van der Waals surface area (Å²) in [5.74, 6) is -0.415. The molecule has 1 N–H and O–H groups in total. The summed E-state index contributed by atoms with van der Waals surface area (Å²) in [5, 5.41) is 2.88. The highest BCUT2D eigenvalue weighted by Crippen LogP contribution is 2.27. The average Bonchev–Trinajstić information content (AvgIpc) is 2.93. The second-order valence-corrected chi connectivity index (χ2v) is 6.03. The minimum absolute atomic E-state index is 0.00136. The summed E-state index contributed by atoms with van der Waals surface area (Å²) in [5.41, 5.74) is 3.97. The van der Waals surface area contributed by atoms with E-state index in [1.807, 2.05) is 62.4 Å². The highest BCUT2D eigenvalue weighted by atomic mass is 16.2. The van der Waals surface area contributed by atoms with Crippen molar-refractivity contribution in [3.05, 3.63) is 59.7 Å². The van der Waals surface area contributed by atoms with Crippen molar-refractivity contribution in [3.63, 3.8) is 0 Å². The number of benzene rings is 2. The lowest BCUT2D eigenvalue weighted by Crippen LogP contribution is -2.28. The molecule has 2 amide bonds. The van der Waals surface area contributed by atoms with E-state index in [4.69, 9.17) is 0 Å². The van der Waals surface area contributed by atoms with Crippen LogP contribution in [0, 0.1) is 19.8 Å².